The van der Waals surface area contributed by atoms with Gasteiger partial charge in [0.2, 0.25) is 0 Å². The Kier molecular flexibility index (Phi) is 6.85. The number of rotatable bonds is 10. The van der Waals surface area contributed by atoms with Crippen LogP contribution in [-0.2, 0) is 29.2 Å². The van der Waals surface area contributed by atoms with Crippen molar-refractivity contribution in [3.05, 3.63) is 56.9 Å². The maximum Gasteiger partial charge on any atom is 0.257 e. The summed E-state index contributed by atoms with van der Waals surface area (Å²) in [5, 5.41) is 14.6. The molecule has 4 rings (SSSR count). The number of aliphatic hydroxyl groups excluding tert-OH is 1. The van der Waals surface area contributed by atoms with Crippen molar-refractivity contribution in [1.29, 1.82) is 0 Å². The van der Waals surface area contributed by atoms with Crippen LogP contribution in [0.15, 0.2) is 29.1 Å². The molecule has 2 aromatic heterocycles. The van der Waals surface area contributed by atoms with Crippen LogP contribution in [-0.4, -0.2) is 48.3 Å². The highest BCUT2D eigenvalue weighted by Gasteiger charge is 2.29. The molecule has 4 N–H and O–H groups in total. The molecular weight excluding hydrogens is 424 g/mol. The fourth-order valence-corrected chi connectivity index (χ4v) is 4.35. The zero-order chi connectivity index (χ0) is 23.5. The highest BCUT2D eigenvalue weighted by atomic mass is 16.5. The number of nitrogens with zero attached hydrogens (tertiary/aromatic N) is 2. The van der Waals surface area contributed by atoms with Gasteiger partial charge in [-0.2, -0.15) is 0 Å². The normalized spacial score (nSPS) is 13.1. The average Bonchev–Trinajstić information content (AvgIpc) is 3.20. The number of methoxy groups -OCH3 is 2. The number of aldehydes is 1. The summed E-state index contributed by atoms with van der Waals surface area (Å²) >= 11 is 0. The number of carbonyl (C=O) groups is 1. The lowest BCUT2D eigenvalue weighted by molar-refractivity contribution is -0.115. The van der Waals surface area contributed by atoms with Gasteiger partial charge >= 0.3 is 0 Å². The number of aliphatic hydroxyl groups is 1. The van der Waals surface area contributed by atoms with E-state index in [1.54, 1.807) is 17.7 Å². The molecule has 1 aliphatic heterocycles. The number of nitrogens with two attached hydrogens (primary N) is 1. The Bertz CT molecular complexity index is 1250. The lowest BCUT2D eigenvalue weighted by atomic mass is 9.99. The monoisotopic (exact) mass is 452 g/mol. The molecule has 0 amide bonds. The van der Waals surface area contributed by atoms with Crippen molar-refractivity contribution in [3.8, 4) is 17.1 Å². The summed E-state index contributed by atoms with van der Waals surface area (Å²) in [4.78, 5) is 29.5. The number of pyridine rings is 2. The molecule has 174 valence electrons. The van der Waals surface area contributed by atoms with E-state index >= 15 is 0 Å². The second-order valence-corrected chi connectivity index (χ2v) is 7.99. The van der Waals surface area contributed by atoms with Gasteiger partial charge in [-0.1, -0.05) is 0 Å². The Morgan fingerprint density at radius 1 is 1.30 bits per heavy atom. The van der Waals surface area contributed by atoms with Crippen LogP contribution in [0.4, 0.5) is 0 Å². The summed E-state index contributed by atoms with van der Waals surface area (Å²) in [5.41, 5.74) is 9.81. The summed E-state index contributed by atoms with van der Waals surface area (Å²) in [6.07, 6.45) is -0.158. The summed E-state index contributed by atoms with van der Waals surface area (Å²) < 4.78 is 12.2. The molecule has 0 saturated heterocycles. The molecule has 0 aliphatic carbocycles. The largest absolute Gasteiger partial charge is 0.497 e. The Morgan fingerprint density at radius 2 is 2.12 bits per heavy atom. The summed E-state index contributed by atoms with van der Waals surface area (Å²) in [5.74, 6) is 0.721. The lowest BCUT2D eigenvalue weighted by Crippen LogP contribution is -2.26. The Labute approximate surface area is 191 Å². The van der Waals surface area contributed by atoms with Crippen molar-refractivity contribution in [3.63, 3.8) is 0 Å². The van der Waals surface area contributed by atoms with Gasteiger partial charge in [0.25, 0.3) is 5.56 Å². The smallest absolute Gasteiger partial charge is 0.257 e. The van der Waals surface area contributed by atoms with Gasteiger partial charge in [-0.05, 0) is 49.3 Å². The van der Waals surface area contributed by atoms with E-state index in [0.29, 0.717) is 37.3 Å². The topological polar surface area (TPSA) is 129 Å². The molecule has 1 aromatic carbocycles. The van der Waals surface area contributed by atoms with Crippen molar-refractivity contribution in [2.24, 2.45) is 5.73 Å². The highest BCUT2D eigenvalue weighted by Crippen LogP contribution is 2.37. The van der Waals surface area contributed by atoms with E-state index in [4.69, 9.17) is 20.2 Å². The zero-order valence-electron chi connectivity index (χ0n) is 18.8. The fourth-order valence-electron chi connectivity index (χ4n) is 4.35. The average molecular weight is 453 g/mol. The van der Waals surface area contributed by atoms with Crippen LogP contribution in [0.25, 0.3) is 22.3 Å². The van der Waals surface area contributed by atoms with Gasteiger partial charge in [-0.25, -0.2) is 4.98 Å². The summed E-state index contributed by atoms with van der Waals surface area (Å²) in [6, 6.07) is 7.36. The van der Waals surface area contributed by atoms with Gasteiger partial charge in [0.1, 0.15) is 11.9 Å². The van der Waals surface area contributed by atoms with Crippen molar-refractivity contribution in [1.82, 2.24) is 14.9 Å². The molecule has 0 bridgehead atoms. The number of ether oxygens (including phenoxy) is 2. The quantitative estimate of drug-likeness (QED) is 0.242. The second-order valence-electron chi connectivity index (χ2n) is 7.99. The number of aromatic nitrogens is 2. The first-order chi connectivity index (χ1) is 16.0. The van der Waals surface area contributed by atoms with Gasteiger partial charge in [0, 0.05) is 35.7 Å². The Morgan fingerprint density at radius 3 is 2.82 bits per heavy atom. The van der Waals surface area contributed by atoms with Crippen LogP contribution in [0.1, 0.15) is 34.8 Å². The zero-order valence-corrected chi connectivity index (χ0v) is 18.8. The van der Waals surface area contributed by atoms with Crippen molar-refractivity contribution < 1.29 is 19.4 Å². The van der Waals surface area contributed by atoms with Crippen LogP contribution in [0.3, 0.4) is 0 Å². The van der Waals surface area contributed by atoms with E-state index in [-0.39, 0.29) is 23.3 Å². The summed E-state index contributed by atoms with van der Waals surface area (Å²) in [6.45, 7) is 2.27. The third-order valence-electron chi connectivity index (χ3n) is 6.00. The predicted octanol–water partition coefficient (Wildman–Crippen LogP) is 1.25. The summed E-state index contributed by atoms with van der Waals surface area (Å²) in [7, 11) is 3.09. The third-order valence-corrected chi connectivity index (χ3v) is 6.00. The van der Waals surface area contributed by atoms with Crippen LogP contribution < -0.4 is 21.3 Å². The van der Waals surface area contributed by atoms with Crippen molar-refractivity contribution in [2.45, 2.75) is 32.2 Å². The maximum atomic E-state index is 13.3. The van der Waals surface area contributed by atoms with Crippen molar-refractivity contribution in [2.75, 3.05) is 27.3 Å². The second kappa shape index (κ2) is 9.80. The van der Waals surface area contributed by atoms with Gasteiger partial charge in [-0.3, -0.25) is 4.79 Å². The van der Waals surface area contributed by atoms with Gasteiger partial charge < -0.3 is 35.0 Å². The molecule has 1 atom stereocenters. The van der Waals surface area contributed by atoms with Crippen LogP contribution in [0, 0.1) is 0 Å². The number of hydrogen-bond acceptors (Lipinski definition) is 8. The SMILES string of the molecule is COCc1c(C(O)C=O)cc2n(c1=O)Cc1c-2nc2ccc(OC)cc2c1CNCCCN. The number of hydrogen-bond donors (Lipinski definition) is 3. The van der Waals surface area contributed by atoms with Gasteiger partial charge in [-0.15, -0.1) is 0 Å². The van der Waals surface area contributed by atoms with Gasteiger partial charge in [0.05, 0.1) is 37.2 Å². The van der Waals surface area contributed by atoms with E-state index in [2.05, 4.69) is 5.32 Å². The molecule has 33 heavy (non-hydrogen) atoms. The molecule has 9 heteroatoms. The number of nitrogens with one attached hydrogen (secondary N) is 1. The lowest BCUT2D eigenvalue weighted by Gasteiger charge is -2.14. The molecule has 3 aromatic rings. The highest BCUT2D eigenvalue weighted by molar-refractivity contribution is 5.89. The maximum absolute atomic E-state index is 13.3. The molecule has 3 heterocycles. The number of carbonyl (C=O) groups excluding carboxylic acids is 1. The first-order valence-electron chi connectivity index (χ1n) is 10.8. The minimum atomic E-state index is -1.42. The van der Waals surface area contributed by atoms with E-state index in [1.807, 2.05) is 18.2 Å². The molecule has 0 radical (unpaired) electrons. The molecule has 0 fully saturated rings. The Hall–Kier alpha value is -3.11. The minimum Gasteiger partial charge on any atom is -0.497 e. The number of fused-ring (bicyclic) bond motifs is 4. The van der Waals surface area contributed by atoms with Crippen LogP contribution in [0.2, 0.25) is 0 Å². The fraction of sp³-hybridized carbons (Fsp3) is 0.375. The molecular formula is C24H28N4O5. The molecule has 0 saturated carbocycles. The Balaban J connectivity index is 1.93. The molecule has 0 spiro atoms. The standard InChI is InChI=1S/C24H28N4O5/c1-32-13-19-16(22(30)12-29)9-21-23-18(11-28(21)24(19)31)17(10-26-7-3-6-25)15-8-14(33-2)4-5-20(15)27-23/h4-5,8-9,12,22,26,30H,3,6-7,10-11,13,25H2,1-2H3. The van der Waals surface area contributed by atoms with Gasteiger partial charge in [0.15, 0.2) is 6.29 Å². The molecule has 9 nitrogen and oxygen atoms in total. The third kappa shape index (κ3) is 4.16. The van der Waals surface area contributed by atoms with E-state index in [9.17, 15) is 14.7 Å². The van der Waals surface area contributed by atoms with E-state index in [1.165, 1.54) is 7.11 Å². The minimum absolute atomic E-state index is 0.00417. The first-order valence-corrected chi connectivity index (χ1v) is 10.8. The van der Waals surface area contributed by atoms with Crippen LogP contribution >= 0.6 is 0 Å². The van der Waals surface area contributed by atoms with Crippen LogP contribution in [0.5, 0.6) is 5.75 Å². The van der Waals surface area contributed by atoms with E-state index in [0.717, 1.165) is 40.7 Å². The van der Waals surface area contributed by atoms with E-state index < -0.39 is 6.10 Å². The predicted molar refractivity (Wildman–Crippen MR) is 124 cm³/mol. The number of benzene rings is 1. The molecule has 1 aliphatic rings. The first kappa shape index (κ1) is 23.1. The van der Waals surface area contributed by atoms with Crippen molar-refractivity contribution >= 4 is 17.2 Å². The molecule has 1 unspecified atom stereocenters.